The van der Waals surface area contributed by atoms with Gasteiger partial charge in [-0.05, 0) is 63.1 Å². The van der Waals surface area contributed by atoms with E-state index in [1.54, 1.807) is 7.11 Å². The second-order valence-corrected chi connectivity index (χ2v) is 6.84. The lowest BCUT2D eigenvalue weighted by Gasteiger charge is -2.43. The first-order chi connectivity index (χ1) is 10.7. The number of benzene rings is 1. The summed E-state index contributed by atoms with van der Waals surface area (Å²) in [6.45, 7) is 5.51. The van der Waals surface area contributed by atoms with Crippen LogP contribution in [-0.2, 0) is 11.2 Å². The Morgan fingerprint density at radius 1 is 1.23 bits per heavy atom. The quantitative estimate of drug-likeness (QED) is 0.801. The molecule has 22 heavy (non-hydrogen) atoms. The first-order valence-electron chi connectivity index (χ1n) is 8.57. The van der Waals surface area contributed by atoms with E-state index < -0.39 is 0 Å². The van der Waals surface area contributed by atoms with Crippen LogP contribution in [0.3, 0.4) is 0 Å². The van der Waals surface area contributed by atoms with Gasteiger partial charge in [0.1, 0.15) is 0 Å². The normalized spacial score (nSPS) is 20.0. The maximum absolute atomic E-state index is 9.92. The zero-order valence-corrected chi connectivity index (χ0v) is 14.1. The van der Waals surface area contributed by atoms with Crippen molar-refractivity contribution >= 4 is 0 Å². The molecule has 1 aromatic carbocycles. The maximum atomic E-state index is 9.92. The Morgan fingerprint density at radius 3 is 2.50 bits per heavy atom. The molecular formula is C19H31NO2. The van der Waals surface area contributed by atoms with Crippen molar-refractivity contribution in [2.75, 3.05) is 33.4 Å². The van der Waals surface area contributed by atoms with E-state index >= 15 is 0 Å². The summed E-state index contributed by atoms with van der Waals surface area (Å²) in [7, 11) is 1.77. The van der Waals surface area contributed by atoms with Crippen molar-refractivity contribution in [3.05, 3.63) is 35.9 Å². The molecule has 0 aromatic heterocycles. The van der Waals surface area contributed by atoms with Gasteiger partial charge in [-0.25, -0.2) is 0 Å². The highest BCUT2D eigenvalue weighted by Gasteiger charge is 2.34. The minimum atomic E-state index is 0.137. The van der Waals surface area contributed by atoms with Gasteiger partial charge in [-0.1, -0.05) is 30.3 Å². The number of hydrogen-bond donors (Lipinski definition) is 1. The molecule has 1 fully saturated rings. The molecular weight excluding hydrogens is 274 g/mol. The number of ether oxygens (including phenoxy) is 1. The van der Waals surface area contributed by atoms with E-state index in [2.05, 4.69) is 42.2 Å². The lowest BCUT2D eigenvalue weighted by Crippen LogP contribution is -2.47. The van der Waals surface area contributed by atoms with Crippen LogP contribution in [0.15, 0.2) is 30.3 Å². The molecule has 1 N–H and O–H groups in total. The molecule has 1 saturated heterocycles. The van der Waals surface area contributed by atoms with Crippen LogP contribution < -0.4 is 0 Å². The molecule has 0 spiro atoms. The monoisotopic (exact) mass is 305 g/mol. The van der Waals surface area contributed by atoms with Gasteiger partial charge in [-0.3, -0.25) is 4.90 Å². The Labute approximate surface area is 135 Å². The van der Waals surface area contributed by atoms with E-state index in [9.17, 15) is 5.11 Å². The van der Waals surface area contributed by atoms with Crippen LogP contribution in [-0.4, -0.2) is 49.5 Å². The number of likely N-dealkylation sites (tertiary alicyclic amines) is 1. The van der Waals surface area contributed by atoms with Crippen LogP contribution in [0.1, 0.15) is 38.2 Å². The third-order valence-corrected chi connectivity index (χ3v) is 5.24. The Bertz CT molecular complexity index is 413. The molecule has 0 bridgehead atoms. The average molecular weight is 305 g/mol. The van der Waals surface area contributed by atoms with Gasteiger partial charge in [0.05, 0.1) is 6.61 Å². The summed E-state index contributed by atoms with van der Waals surface area (Å²) in [5.74, 6) is 0. The number of aliphatic hydroxyl groups excluding tert-OH is 1. The molecule has 3 heteroatoms. The Morgan fingerprint density at radius 2 is 1.91 bits per heavy atom. The highest BCUT2D eigenvalue weighted by atomic mass is 16.5. The fourth-order valence-corrected chi connectivity index (χ4v) is 3.59. The van der Waals surface area contributed by atoms with E-state index in [4.69, 9.17) is 4.74 Å². The Balaban J connectivity index is 1.79. The van der Waals surface area contributed by atoms with Crippen LogP contribution in [0.25, 0.3) is 0 Å². The number of piperidine rings is 1. The summed E-state index contributed by atoms with van der Waals surface area (Å²) in [6.07, 6.45) is 5.62. The predicted octanol–water partition coefficient (Wildman–Crippen LogP) is 3.12. The largest absolute Gasteiger partial charge is 0.396 e. The molecule has 1 aliphatic rings. The standard InChI is InChI=1S/C19H31NO2/c1-17(15-22-2)20-13-11-19(16-21,12-14-20)10-6-9-18-7-4-3-5-8-18/h3-5,7-8,17,21H,6,9-16H2,1-2H3/t17-/m1/s1. The van der Waals surface area contributed by atoms with Gasteiger partial charge in [0.15, 0.2) is 0 Å². The summed E-state index contributed by atoms with van der Waals surface area (Å²) >= 11 is 0. The summed E-state index contributed by atoms with van der Waals surface area (Å²) < 4.78 is 5.26. The van der Waals surface area contributed by atoms with E-state index in [1.165, 1.54) is 5.56 Å². The SMILES string of the molecule is COC[C@@H](C)N1CCC(CO)(CCCc2ccccc2)CC1. The number of rotatable bonds is 8. The number of nitrogens with zero attached hydrogens (tertiary/aromatic N) is 1. The lowest BCUT2D eigenvalue weighted by atomic mass is 9.74. The highest BCUT2D eigenvalue weighted by Crippen LogP contribution is 2.36. The molecule has 0 aliphatic carbocycles. The molecule has 1 aliphatic heterocycles. The van der Waals surface area contributed by atoms with E-state index in [-0.39, 0.29) is 5.41 Å². The molecule has 0 unspecified atom stereocenters. The third-order valence-electron chi connectivity index (χ3n) is 5.24. The van der Waals surface area contributed by atoms with Crippen molar-refractivity contribution in [1.29, 1.82) is 0 Å². The zero-order valence-electron chi connectivity index (χ0n) is 14.1. The molecule has 0 radical (unpaired) electrons. The molecule has 124 valence electrons. The van der Waals surface area contributed by atoms with Crippen molar-refractivity contribution < 1.29 is 9.84 Å². The third kappa shape index (κ3) is 4.80. The van der Waals surface area contributed by atoms with Gasteiger partial charge >= 0.3 is 0 Å². The van der Waals surface area contributed by atoms with Gasteiger partial charge in [0, 0.05) is 19.8 Å². The van der Waals surface area contributed by atoms with Crippen molar-refractivity contribution in [1.82, 2.24) is 4.90 Å². The summed E-state index contributed by atoms with van der Waals surface area (Å²) in [5.41, 5.74) is 1.54. The fraction of sp³-hybridized carbons (Fsp3) is 0.684. The molecule has 0 amide bonds. The number of methoxy groups -OCH3 is 1. The van der Waals surface area contributed by atoms with Crippen LogP contribution in [0, 0.1) is 5.41 Å². The van der Waals surface area contributed by atoms with Crippen molar-refractivity contribution in [2.24, 2.45) is 5.41 Å². The van der Waals surface area contributed by atoms with E-state index in [0.717, 1.165) is 51.8 Å². The van der Waals surface area contributed by atoms with Gasteiger partial charge in [-0.15, -0.1) is 0 Å². The van der Waals surface area contributed by atoms with Crippen molar-refractivity contribution in [3.8, 4) is 0 Å². The van der Waals surface area contributed by atoms with Gasteiger partial charge in [0.25, 0.3) is 0 Å². The van der Waals surface area contributed by atoms with Crippen LogP contribution >= 0.6 is 0 Å². The predicted molar refractivity (Wildman–Crippen MR) is 91.0 cm³/mol. The van der Waals surface area contributed by atoms with E-state index in [1.807, 2.05) is 0 Å². The Hall–Kier alpha value is -0.900. The van der Waals surface area contributed by atoms with Crippen LogP contribution in [0.2, 0.25) is 0 Å². The molecule has 1 heterocycles. The molecule has 2 rings (SSSR count). The fourth-order valence-electron chi connectivity index (χ4n) is 3.59. The Kier molecular flexibility index (Phi) is 6.87. The number of aryl methyl sites for hydroxylation is 1. The number of aliphatic hydroxyl groups is 1. The minimum absolute atomic E-state index is 0.137. The highest BCUT2D eigenvalue weighted by molar-refractivity contribution is 5.14. The first-order valence-corrected chi connectivity index (χ1v) is 8.57. The van der Waals surface area contributed by atoms with Gasteiger partial charge in [-0.2, -0.15) is 0 Å². The molecule has 1 aromatic rings. The molecule has 3 nitrogen and oxygen atoms in total. The second-order valence-electron chi connectivity index (χ2n) is 6.84. The zero-order chi connectivity index (χ0) is 15.8. The number of hydrogen-bond acceptors (Lipinski definition) is 3. The van der Waals surface area contributed by atoms with Crippen molar-refractivity contribution in [2.45, 2.75) is 45.1 Å². The average Bonchev–Trinajstić information content (AvgIpc) is 2.56. The summed E-state index contributed by atoms with van der Waals surface area (Å²) in [4.78, 5) is 2.49. The second kappa shape index (κ2) is 8.66. The lowest BCUT2D eigenvalue weighted by molar-refractivity contribution is 0.00728. The van der Waals surface area contributed by atoms with Gasteiger partial charge < -0.3 is 9.84 Å². The smallest absolute Gasteiger partial charge is 0.0615 e. The van der Waals surface area contributed by atoms with Crippen LogP contribution in [0.4, 0.5) is 0 Å². The van der Waals surface area contributed by atoms with Gasteiger partial charge in [0.2, 0.25) is 0 Å². The molecule has 0 saturated carbocycles. The van der Waals surface area contributed by atoms with Crippen LogP contribution in [0.5, 0.6) is 0 Å². The topological polar surface area (TPSA) is 32.7 Å². The minimum Gasteiger partial charge on any atom is -0.396 e. The maximum Gasteiger partial charge on any atom is 0.0615 e. The first kappa shape index (κ1) is 17.5. The summed E-state index contributed by atoms with van der Waals surface area (Å²) in [5, 5.41) is 9.92. The van der Waals surface area contributed by atoms with Crippen molar-refractivity contribution in [3.63, 3.8) is 0 Å². The van der Waals surface area contributed by atoms with E-state index in [0.29, 0.717) is 12.6 Å². The molecule has 1 atom stereocenters. The summed E-state index contributed by atoms with van der Waals surface area (Å²) in [6, 6.07) is 11.1.